The standard InChI is InChI=1S/C23H17N5O2S/c29-20(11-13-28-14-25-18-5-2-1-4-17(18)23(28)30)26-16-9-7-15(8-10-16)21-27-19-6-3-12-24-22(19)31-21/h1-10,12,14H,11,13H2,(H,26,29). The molecule has 0 fully saturated rings. The number of hydrogen-bond acceptors (Lipinski definition) is 6. The van der Waals surface area contributed by atoms with Gasteiger partial charge in [0.15, 0.2) is 0 Å². The Kier molecular flexibility index (Phi) is 4.97. The Morgan fingerprint density at radius 3 is 2.61 bits per heavy atom. The van der Waals surface area contributed by atoms with Crippen LogP contribution in [0.2, 0.25) is 0 Å². The second-order valence-electron chi connectivity index (χ2n) is 6.98. The molecule has 31 heavy (non-hydrogen) atoms. The minimum Gasteiger partial charge on any atom is -0.326 e. The molecule has 1 amide bonds. The molecule has 0 radical (unpaired) electrons. The fraction of sp³-hybridized carbons (Fsp3) is 0.0870. The third kappa shape index (κ3) is 3.93. The number of para-hydroxylation sites is 1. The lowest BCUT2D eigenvalue weighted by Crippen LogP contribution is -2.23. The molecule has 152 valence electrons. The van der Waals surface area contributed by atoms with Gasteiger partial charge in [0.1, 0.15) is 15.4 Å². The molecule has 0 aliphatic rings. The van der Waals surface area contributed by atoms with Crippen LogP contribution in [-0.2, 0) is 11.3 Å². The van der Waals surface area contributed by atoms with Gasteiger partial charge in [0.2, 0.25) is 5.91 Å². The van der Waals surface area contributed by atoms with E-state index in [0.717, 1.165) is 20.9 Å². The first-order valence-corrected chi connectivity index (χ1v) is 10.5. The predicted octanol–water partition coefficient (Wildman–Crippen LogP) is 4.10. The van der Waals surface area contributed by atoms with Gasteiger partial charge in [-0.1, -0.05) is 23.5 Å². The van der Waals surface area contributed by atoms with Crippen LogP contribution in [0.5, 0.6) is 0 Å². The van der Waals surface area contributed by atoms with Gasteiger partial charge in [-0.25, -0.2) is 15.0 Å². The molecule has 0 bridgehead atoms. The van der Waals surface area contributed by atoms with Gasteiger partial charge >= 0.3 is 0 Å². The fourth-order valence-corrected chi connectivity index (χ4v) is 4.21. The van der Waals surface area contributed by atoms with Crippen molar-refractivity contribution in [1.82, 2.24) is 19.5 Å². The van der Waals surface area contributed by atoms with E-state index in [2.05, 4.69) is 20.3 Å². The van der Waals surface area contributed by atoms with Gasteiger partial charge in [0.25, 0.3) is 5.56 Å². The molecular formula is C23H17N5O2S. The zero-order valence-electron chi connectivity index (χ0n) is 16.4. The Bertz CT molecular complexity index is 1420. The van der Waals surface area contributed by atoms with Crippen molar-refractivity contribution in [3.63, 3.8) is 0 Å². The number of rotatable bonds is 5. The third-order valence-corrected chi connectivity index (χ3v) is 5.92. The number of hydrogen-bond donors (Lipinski definition) is 1. The quantitative estimate of drug-likeness (QED) is 0.456. The summed E-state index contributed by atoms with van der Waals surface area (Å²) in [7, 11) is 0. The number of pyridine rings is 1. The minimum atomic E-state index is -0.169. The van der Waals surface area contributed by atoms with Gasteiger partial charge in [0.05, 0.1) is 17.2 Å². The van der Waals surface area contributed by atoms with Crippen molar-refractivity contribution in [2.45, 2.75) is 13.0 Å². The smallest absolute Gasteiger partial charge is 0.261 e. The van der Waals surface area contributed by atoms with Crippen LogP contribution in [-0.4, -0.2) is 25.4 Å². The second-order valence-corrected chi connectivity index (χ2v) is 7.96. The van der Waals surface area contributed by atoms with E-state index in [0.29, 0.717) is 16.6 Å². The van der Waals surface area contributed by atoms with Crippen molar-refractivity contribution >= 4 is 44.2 Å². The number of benzene rings is 2. The molecule has 5 aromatic rings. The summed E-state index contributed by atoms with van der Waals surface area (Å²) in [6, 6.07) is 18.5. The van der Waals surface area contributed by atoms with Gasteiger partial charge < -0.3 is 5.32 Å². The number of aromatic nitrogens is 4. The number of fused-ring (bicyclic) bond motifs is 2. The molecule has 0 aliphatic carbocycles. The maximum Gasteiger partial charge on any atom is 0.261 e. The highest BCUT2D eigenvalue weighted by Crippen LogP contribution is 2.29. The van der Waals surface area contributed by atoms with E-state index in [-0.39, 0.29) is 24.4 Å². The molecule has 8 heteroatoms. The second kappa shape index (κ2) is 8.08. The van der Waals surface area contributed by atoms with Crippen molar-refractivity contribution in [2.24, 2.45) is 0 Å². The number of thiazole rings is 1. The summed E-state index contributed by atoms with van der Waals surface area (Å²) in [6.45, 7) is 0.263. The molecule has 0 saturated heterocycles. The Morgan fingerprint density at radius 1 is 0.968 bits per heavy atom. The van der Waals surface area contributed by atoms with Crippen LogP contribution in [0.3, 0.4) is 0 Å². The van der Waals surface area contributed by atoms with Crippen LogP contribution in [0.1, 0.15) is 6.42 Å². The maximum atomic E-state index is 12.5. The van der Waals surface area contributed by atoms with Crippen molar-refractivity contribution in [3.8, 4) is 10.6 Å². The van der Waals surface area contributed by atoms with Gasteiger partial charge in [0, 0.05) is 30.4 Å². The molecule has 5 rings (SSSR count). The number of carbonyl (C=O) groups is 1. The lowest BCUT2D eigenvalue weighted by atomic mass is 10.2. The Balaban J connectivity index is 1.24. The van der Waals surface area contributed by atoms with E-state index in [1.165, 1.54) is 22.2 Å². The lowest BCUT2D eigenvalue weighted by Gasteiger charge is -2.08. The van der Waals surface area contributed by atoms with Gasteiger partial charge in [-0.05, 0) is 48.5 Å². The molecule has 0 saturated carbocycles. The summed E-state index contributed by atoms with van der Waals surface area (Å²) in [6.07, 6.45) is 3.41. The van der Waals surface area contributed by atoms with E-state index in [1.54, 1.807) is 24.4 Å². The summed E-state index contributed by atoms with van der Waals surface area (Å²) >= 11 is 1.53. The molecule has 3 aromatic heterocycles. The number of aryl methyl sites for hydroxylation is 1. The molecule has 7 nitrogen and oxygen atoms in total. The summed E-state index contributed by atoms with van der Waals surface area (Å²) in [5.74, 6) is -0.169. The molecule has 2 aromatic carbocycles. The lowest BCUT2D eigenvalue weighted by molar-refractivity contribution is -0.116. The average molecular weight is 427 g/mol. The zero-order chi connectivity index (χ0) is 21.2. The topological polar surface area (TPSA) is 89.8 Å². The molecule has 0 atom stereocenters. The van der Waals surface area contributed by atoms with Gasteiger partial charge in [-0.3, -0.25) is 14.2 Å². The van der Waals surface area contributed by atoms with Crippen LogP contribution in [0, 0.1) is 0 Å². The van der Waals surface area contributed by atoms with E-state index in [1.807, 2.05) is 42.5 Å². The molecular weight excluding hydrogens is 410 g/mol. The minimum absolute atomic E-state index is 0.145. The molecule has 0 spiro atoms. The number of nitrogens with one attached hydrogen (secondary N) is 1. The number of anilines is 1. The van der Waals surface area contributed by atoms with Crippen LogP contribution >= 0.6 is 11.3 Å². The summed E-state index contributed by atoms with van der Waals surface area (Å²) in [5.41, 5.74) is 3.04. The van der Waals surface area contributed by atoms with Crippen molar-refractivity contribution < 1.29 is 4.79 Å². The normalized spacial score (nSPS) is 11.1. The van der Waals surface area contributed by atoms with Crippen molar-refractivity contribution in [1.29, 1.82) is 0 Å². The highest BCUT2D eigenvalue weighted by molar-refractivity contribution is 7.21. The Hall–Kier alpha value is -3.91. The number of amides is 1. The Morgan fingerprint density at radius 2 is 1.77 bits per heavy atom. The molecule has 1 N–H and O–H groups in total. The Labute approximate surface area is 181 Å². The predicted molar refractivity (Wildman–Crippen MR) is 122 cm³/mol. The number of carbonyl (C=O) groups excluding carboxylic acids is 1. The van der Waals surface area contributed by atoms with E-state index in [9.17, 15) is 9.59 Å². The SMILES string of the molecule is O=C(CCn1cnc2ccccc2c1=O)Nc1ccc(-c2nc3cccnc3s2)cc1. The van der Waals surface area contributed by atoms with Crippen molar-refractivity contribution in [2.75, 3.05) is 5.32 Å². The summed E-state index contributed by atoms with van der Waals surface area (Å²) in [5, 5.41) is 4.30. The van der Waals surface area contributed by atoms with E-state index in [4.69, 9.17) is 0 Å². The largest absolute Gasteiger partial charge is 0.326 e. The van der Waals surface area contributed by atoms with Crippen molar-refractivity contribution in [3.05, 3.63) is 83.5 Å². The van der Waals surface area contributed by atoms with Crippen LogP contribution in [0.4, 0.5) is 5.69 Å². The average Bonchev–Trinajstić information content (AvgIpc) is 3.24. The van der Waals surface area contributed by atoms with E-state index < -0.39 is 0 Å². The first kappa shape index (κ1) is 19.1. The number of nitrogens with zero attached hydrogens (tertiary/aromatic N) is 4. The van der Waals surface area contributed by atoms with Crippen LogP contribution in [0.25, 0.3) is 31.8 Å². The van der Waals surface area contributed by atoms with Crippen LogP contribution in [0.15, 0.2) is 78.0 Å². The summed E-state index contributed by atoms with van der Waals surface area (Å²) < 4.78 is 1.46. The summed E-state index contributed by atoms with van der Waals surface area (Å²) in [4.78, 5) is 39.0. The van der Waals surface area contributed by atoms with Crippen LogP contribution < -0.4 is 10.9 Å². The first-order valence-electron chi connectivity index (χ1n) is 9.73. The molecule has 0 unspecified atom stereocenters. The van der Waals surface area contributed by atoms with E-state index >= 15 is 0 Å². The molecule has 3 heterocycles. The fourth-order valence-electron chi connectivity index (χ4n) is 3.30. The van der Waals surface area contributed by atoms with Gasteiger partial charge in [-0.2, -0.15) is 0 Å². The third-order valence-electron chi connectivity index (χ3n) is 4.89. The highest BCUT2D eigenvalue weighted by Gasteiger charge is 2.09. The first-order chi connectivity index (χ1) is 15.2. The zero-order valence-corrected chi connectivity index (χ0v) is 17.2. The monoisotopic (exact) mass is 427 g/mol. The maximum absolute atomic E-state index is 12.5. The molecule has 0 aliphatic heterocycles. The highest BCUT2D eigenvalue weighted by atomic mass is 32.1. The van der Waals surface area contributed by atoms with Gasteiger partial charge in [-0.15, -0.1) is 0 Å².